The number of hydrogen-bond acceptors (Lipinski definition) is 4. The minimum Gasteiger partial charge on any atom is -0.378 e. The van der Waals surface area contributed by atoms with Crippen molar-refractivity contribution in [1.82, 2.24) is 25.3 Å². The third kappa shape index (κ3) is 4.14. The van der Waals surface area contributed by atoms with Crippen LogP contribution in [0.1, 0.15) is 50.6 Å². The fraction of sp³-hybridized carbons (Fsp3) is 0.800. The van der Waals surface area contributed by atoms with E-state index in [9.17, 15) is 0 Å². The predicted molar refractivity (Wildman–Crippen MR) is 109 cm³/mol. The van der Waals surface area contributed by atoms with Crippen molar-refractivity contribution in [1.29, 1.82) is 0 Å². The van der Waals surface area contributed by atoms with Crippen molar-refractivity contribution >= 4 is 5.96 Å². The van der Waals surface area contributed by atoms with Gasteiger partial charge in [0.2, 0.25) is 0 Å². The topological polar surface area (TPSA) is 66.7 Å². The molecule has 2 fully saturated rings. The number of ether oxygens (including phenoxy) is 1. The second kappa shape index (κ2) is 8.61. The summed E-state index contributed by atoms with van der Waals surface area (Å²) in [5, 5.41) is 11.5. The van der Waals surface area contributed by atoms with Gasteiger partial charge in [0, 0.05) is 50.5 Å². The maximum absolute atomic E-state index is 6.03. The molecule has 2 aliphatic carbocycles. The summed E-state index contributed by atoms with van der Waals surface area (Å²) in [6, 6.07) is 0.703. The van der Waals surface area contributed by atoms with Crippen LogP contribution in [0, 0.1) is 5.41 Å². The molecule has 2 saturated carbocycles. The molecule has 27 heavy (non-hydrogen) atoms. The molecule has 0 amide bonds. The number of guanidine groups is 1. The van der Waals surface area contributed by atoms with E-state index in [0.717, 1.165) is 25.5 Å². The van der Waals surface area contributed by atoms with E-state index in [1.54, 1.807) is 0 Å². The van der Waals surface area contributed by atoms with Crippen LogP contribution in [0.3, 0.4) is 0 Å². The van der Waals surface area contributed by atoms with Gasteiger partial charge in [-0.1, -0.05) is 12.8 Å². The molecule has 2 N–H and O–H groups in total. The van der Waals surface area contributed by atoms with Gasteiger partial charge in [0.05, 0.1) is 18.3 Å². The van der Waals surface area contributed by atoms with Gasteiger partial charge >= 0.3 is 0 Å². The first-order valence-electron chi connectivity index (χ1n) is 10.2. The van der Waals surface area contributed by atoms with Gasteiger partial charge in [0.15, 0.2) is 5.96 Å². The quantitative estimate of drug-likeness (QED) is 0.562. The van der Waals surface area contributed by atoms with E-state index >= 15 is 0 Å². The number of aromatic nitrogens is 2. The van der Waals surface area contributed by atoms with Crippen LogP contribution in [-0.4, -0.2) is 67.1 Å². The lowest BCUT2D eigenvalue weighted by Crippen LogP contribution is -2.65. The van der Waals surface area contributed by atoms with Gasteiger partial charge in [0.25, 0.3) is 0 Å². The third-order valence-electron chi connectivity index (χ3n) is 6.42. The van der Waals surface area contributed by atoms with Gasteiger partial charge in [-0.3, -0.25) is 9.67 Å². The summed E-state index contributed by atoms with van der Waals surface area (Å²) < 4.78 is 7.89. The largest absolute Gasteiger partial charge is 0.378 e. The van der Waals surface area contributed by atoms with E-state index in [4.69, 9.17) is 4.74 Å². The van der Waals surface area contributed by atoms with Crippen molar-refractivity contribution in [3.05, 3.63) is 18.0 Å². The standard InChI is InChI=1S/C20H36N6O/c1-6-27-18-11-17(20(18)9-7-8-10-20)24-19(21-2)22-13-16(25(3)4)15-12-23-26(5)14-15/h12,14,16-18H,6-11,13H2,1-5H3,(H2,21,22,24). The molecule has 3 atom stereocenters. The van der Waals surface area contributed by atoms with Crippen molar-refractivity contribution in [2.24, 2.45) is 17.5 Å². The summed E-state index contributed by atoms with van der Waals surface area (Å²) in [6.07, 6.45) is 10.7. The maximum Gasteiger partial charge on any atom is 0.191 e. The summed E-state index contributed by atoms with van der Waals surface area (Å²) in [4.78, 5) is 6.69. The first-order valence-corrected chi connectivity index (χ1v) is 10.2. The molecule has 152 valence electrons. The van der Waals surface area contributed by atoms with Crippen LogP contribution in [0.15, 0.2) is 17.4 Å². The van der Waals surface area contributed by atoms with Gasteiger partial charge in [-0.15, -0.1) is 0 Å². The van der Waals surface area contributed by atoms with Crippen molar-refractivity contribution in [3.63, 3.8) is 0 Å². The second-order valence-corrected chi connectivity index (χ2v) is 8.20. The first-order chi connectivity index (χ1) is 13.0. The highest BCUT2D eigenvalue weighted by Crippen LogP contribution is 2.54. The molecular formula is C20H36N6O. The fourth-order valence-electron chi connectivity index (χ4n) is 4.85. The lowest BCUT2D eigenvalue weighted by Gasteiger charge is -2.54. The number of nitrogens with zero attached hydrogens (tertiary/aromatic N) is 4. The third-order valence-corrected chi connectivity index (χ3v) is 6.42. The Hall–Kier alpha value is -1.60. The Balaban J connectivity index is 1.59. The minimum atomic E-state index is 0.246. The Morgan fingerprint density at radius 1 is 1.44 bits per heavy atom. The van der Waals surface area contributed by atoms with Crippen LogP contribution < -0.4 is 10.6 Å². The molecule has 7 nitrogen and oxygen atoms in total. The summed E-state index contributed by atoms with van der Waals surface area (Å²) in [5.41, 5.74) is 1.51. The molecule has 0 aliphatic heterocycles. The van der Waals surface area contributed by atoms with E-state index in [1.165, 1.54) is 31.2 Å². The Bertz CT molecular complexity index is 634. The van der Waals surface area contributed by atoms with E-state index in [1.807, 2.05) is 25.0 Å². The van der Waals surface area contributed by atoms with Crippen LogP contribution in [0.5, 0.6) is 0 Å². The number of likely N-dealkylation sites (N-methyl/N-ethyl adjacent to an activating group) is 1. The normalized spacial score (nSPS) is 25.6. The molecule has 1 spiro atoms. The van der Waals surface area contributed by atoms with Gasteiger partial charge in [-0.05, 0) is 40.3 Å². The highest BCUT2D eigenvalue weighted by atomic mass is 16.5. The lowest BCUT2D eigenvalue weighted by atomic mass is 9.60. The van der Waals surface area contributed by atoms with Crippen molar-refractivity contribution < 1.29 is 4.74 Å². The smallest absolute Gasteiger partial charge is 0.191 e. The molecule has 1 aromatic rings. The molecule has 0 radical (unpaired) electrons. The first kappa shape index (κ1) is 20.1. The Labute approximate surface area is 163 Å². The maximum atomic E-state index is 6.03. The van der Waals surface area contributed by atoms with Crippen molar-refractivity contribution in [2.45, 2.75) is 57.2 Å². The van der Waals surface area contributed by atoms with Crippen LogP contribution in [0.4, 0.5) is 0 Å². The van der Waals surface area contributed by atoms with Crippen LogP contribution in [0.25, 0.3) is 0 Å². The Morgan fingerprint density at radius 2 is 2.19 bits per heavy atom. The molecule has 7 heteroatoms. The summed E-state index contributed by atoms with van der Waals surface area (Å²) in [5.74, 6) is 0.886. The number of hydrogen-bond donors (Lipinski definition) is 2. The average molecular weight is 377 g/mol. The van der Waals surface area contributed by atoms with Crippen LogP contribution >= 0.6 is 0 Å². The SMILES string of the molecule is CCOC1CC(NC(=NC)NCC(c2cnn(C)c2)N(C)C)C12CCCC2. The van der Waals surface area contributed by atoms with Gasteiger partial charge in [0.1, 0.15) is 0 Å². The molecule has 3 unspecified atom stereocenters. The van der Waals surface area contributed by atoms with E-state index in [0.29, 0.717) is 17.6 Å². The number of rotatable bonds is 7. The van der Waals surface area contributed by atoms with E-state index in [-0.39, 0.29) is 6.04 Å². The zero-order chi connectivity index (χ0) is 19.4. The predicted octanol–water partition coefficient (Wildman–Crippen LogP) is 1.93. The van der Waals surface area contributed by atoms with Gasteiger partial charge < -0.3 is 20.3 Å². The monoisotopic (exact) mass is 376 g/mol. The highest BCUT2D eigenvalue weighted by Gasteiger charge is 2.56. The van der Waals surface area contributed by atoms with Crippen molar-refractivity contribution in [3.8, 4) is 0 Å². The van der Waals surface area contributed by atoms with Crippen molar-refractivity contribution in [2.75, 3.05) is 34.3 Å². The molecule has 0 saturated heterocycles. The number of aliphatic imine (C=N–C) groups is 1. The second-order valence-electron chi connectivity index (χ2n) is 8.20. The molecule has 3 rings (SSSR count). The number of nitrogens with one attached hydrogen (secondary N) is 2. The lowest BCUT2D eigenvalue weighted by molar-refractivity contribution is -0.125. The van der Waals surface area contributed by atoms with Gasteiger partial charge in [-0.2, -0.15) is 5.10 Å². The summed E-state index contributed by atoms with van der Waals surface area (Å²) in [6.45, 7) is 3.69. The molecular weight excluding hydrogens is 340 g/mol. The van der Waals surface area contributed by atoms with Crippen LogP contribution in [0.2, 0.25) is 0 Å². The van der Waals surface area contributed by atoms with Crippen LogP contribution in [-0.2, 0) is 11.8 Å². The average Bonchev–Trinajstić information content (AvgIpc) is 3.30. The fourth-order valence-corrected chi connectivity index (χ4v) is 4.85. The highest BCUT2D eigenvalue weighted by molar-refractivity contribution is 5.80. The molecule has 2 aliphatic rings. The minimum absolute atomic E-state index is 0.246. The Kier molecular flexibility index (Phi) is 6.42. The molecule has 1 heterocycles. The zero-order valence-electron chi connectivity index (χ0n) is 17.5. The summed E-state index contributed by atoms with van der Waals surface area (Å²) in [7, 11) is 8.00. The molecule has 0 aromatic carbocycles. The zero-order valence-corrected chi connectivity index (χ0v) is 17.5. The van der Waals surface area contributed by atoms with E-state index in [2.05, 4.69) is 52.8 Å². The number of aryl methyl sites for hydroxylation is 1. The van der Waals surface area contributed by atoms with E-state index < -0.39 is 0 Å². The Morgan fingerprint density at radius 3 is 2.74 bits per heavy atom. The van der Waals surface area contributed by atoms with Gasteiger partial charge in [-0.25, -0.2) is 0 Å². The summed E-state index contributed by atoms with van der Waals surface area (Å²) >= 11 is 0. The molecule has 1 aromatic heterocycles. The molecule has 0 bridgehead atoms.